The molecule has 1 amide bonds. The summed E-state index contributed by atoms with van der Waals surface area (Å²) in [4.78, 5) is 13.1. The second-order valence-corrected chi connectivity index (χ2v) is 22.7. The van der Waals surface area contributed by atoms with Crippen molar-refractivity contribution in [3.63, 3.8) is 0 Å². The lowest BCUT2D eigenvalue weighted by atomic mass is 9.99. The van der Waals surface area contributed by atoms with Crippen molar-refractivity contribution < 1.29 is 51.8 Å². The molecule has 1 heterocycles. The van der Waals surface area contributed by atoms with Gasteiger partial charge in [-0.2, -0.15) is 8.42 Å². The van der Waals surface area contributed by atoms with E-state index < -0.39 is 59.9 Å². The Morgan fingerprint density at radius 1 is 0.534 bits per heavy atom. The predicted molar refractivity (Wildman–Crippen MR) is 301 cm³/mol. The molecule has 1 aliphatic heterocycles. The third-order valence-electron chi connectivity index (χ3n) is 14.7. The smallest absolute Gasteiger partial charge is 0.394 e. The number of amides is 1. The lowest BCUT2D eigenvalue weighted by molar-refractivity contribution is -0.298. The minimum Gasteiger partial charge on any atom is -0.394 e. The Labute approximate surface area is 448 Å². The summed E-state index contributed by atoms with van der Waals surface area (Å²) < 4.78 is 47.8. The van der Waals surface area contributed by atoms with Gasteiger partial charge >= 0.3 is 10.4 Å². The zero-order valence-corrected chi connectivity index (χ0v) is 47.8. The van der Waals surface area contributed by atoms with E-state index in [9.17, 15) is 38.2 Å². The first-order valence-electron chi connectivity index (χ1n) is 30.7. The van der Waals surface area contributed by atoms with Crippen LogP contribution in [0.1, 0.15) is 296 Å². The first-order valence-corrected chi connectivity index (χ1v) is 32.1. The highest BCUT2D eigenvalue weighted by Gasteiger charge is 2.48. The fourth-order valence-corrected chi connectivity index (χ4v) is 10.5. The molecule has 7 unspecified atom stereocenters. The average Bonchev–Trinajstić information content (AvgIpc) is 3.37. The molecule has 0 radical (unpaired) electrons. The zero-order valence-electron chi connectivity index (χ0n) is 47.0. The molecule has 0 saturated carbocycles. The van der Waals surface area contributed by atoms with Gasteiger partial charge in [-0.25, -0.2) is 4.18 Å². The number of carbonyl (C=O) groups excluding carboxylic acids is 1. The quantitative estimate of drug-likeness (QED) is 0.0193. The number of hydrogen-bond donors (Lipinski definition) is 6. The normalized spacial score (nSPS) is 19.4. The van der Waals surface area contributed by atoms with E-state index in [2.05, 4.69) is 35.5 Å². The lowest BCUT2D eigenvalue weighted by Crippen LogP contribution is -2.61. The van der Waals surface area contributed by atoms with Crippen LogP contribution in [0, 0.1) is 0 Å². The molecule has 12 nitrogen and oxygen atoms in total. The third-order valence-corrected chi connectivity index (χ3v) is 15.2. The van der Waals surface area contributed by atoms with Crippen LogP contribution in [0.5, 0.6) is 0 Å². The SMILES string of the molecule is CCCCCCCCCCCCC/C=C/C(O)C(COC1OC(CO)C(O)C(OS(=O)(=O)O)C1O)NC(=O)CCCCCCCCCCCCCCCCCCC/C=C\CCCCCCCCCCCCCC. The lowest BCUT2D eigenvalue weighted by Gasteiger charge is -2.41. The molecular weight excluding hydrogens is 943 g/mol. The molecule has 1 aliphatic rings. The molecule has 6 N–H and O–H groups in total. The highest BCUT2D eigenvalue weighted by molar-refractivity contribution is 7.80. The van der Waals surface area contributed by atoms with Gasteiger partial charge in [0.25, 0.3) is 0 Å². The first-order chi connectivity index (χ1) is 35.5. The second-order valence-electron chi connectivity index (χ2n) is 21.6. The number of ether oxygens (including phenoxy) is 2. The van der Waals surface area contributed by atoms with Crippen molar-refractivity contribution in [3.8, 4) is 0 Å². The average molecular weight is 1060 g/mol. The standard InChI is InChI=1S/C60H115NO11S/c1-3-5-7-9-11-13-15-17-18-19-20-21-22-23-24-25-26-27-28-29-30-31-32-33-34-35-36-38-40-42-44-46-48-50-56(64)61-53(54(63)49-47-45-43-41-39-37-16-14-12-10-8-6-4-2)52-70-60-58(66)59(72-73(67,68)69)57(65)55(51-62)71-60/h23-24,47,49,53-55,57-60,62-63,65-66H,3-22,25-46,48,50-52H2,1-2H3,(H,61,64)(H,67,68,69)/b24-23-,49-47+. The van der Waals surface area contributed by atoms with E-state index in [0.29, 0.717) is 6.42 Å². The van der Waals surface area contributed by atoms with Gasteiger partial charge < -0.3 is 35.2 Å². The Kier molecular flexibility index (Phi) is 47.8. The summed E-state index contributed by atoms with van der Waals surface area (Å²) in [6.07, 6.45) is 54.0. The van der Waals surface area contributed by atoms with Gasteiger partial charge in [-0.15, -0.1) is 0 Å². The van der Waals surface area contributed by atoms with Crippen LogP contribution in [0.4, 0.5) is 0 Å². The van der Waals surface area contributed by atoms with Gasteiger partial charge in [-0.05, 0) is 44.9 Å². The summed E-state index contributed by atoms with van der Waals surface area (Å²) in [5.74, 6) is -0.258. The van der Waals surface area contributed by atoms with E-state index >= 15 is 0 Å². The predicted octanol–water partition coefficient (Wildman–Crippen LogP) is 14.8. The molecule has 7 atom stereocenters. The van der Waals surface area contributed by atoms with Crippen molar-refractivity contribution in [3.05, 3.63) is 24.3 Å². The fourth-order valence-electron chi connectivity index (χ4n) is 9.98. The number of nitrogens with one attached hydrogen (secondary N) is 1. The molecule has 432 valence electrons. The van der Waals surface area contributed by atoms with Crippen LogP contribution >= 0.6 is 0 Å². The number of allylic oxidation sites excluding steroid dienone is 3. The molecule has 1 saturated heterocycles. The largest absolute Gasteiger partial charge is 0.397 e. The van der Waals surface area contributed by atoms with Gasteiger partial charge in [0.05, 0.1) is 25.4 Å². The highest BCUT2D eigenvalue weighted by Crippen LogP contribution is 2.26. The molecule has 1 rings (SSSR count). The molecule has 13 heteroatoms. The van der Waals surface area contributed by atoms with Gasteiger partial charge in [-0.1, -0.05) is 269 Å². The Balaban J connectivity index is 2.21. The van der Waals surface area contributed by atoms with Gasteiger partial charge in [0, 0.05) is 6.42 Å². The van der Waals surface area contributed by atoms with E-state index in [1.807, 2.05) is 6.08 Å². The maximum atomic E-state index is 13.1. The van der Waals surface area contributed by atoms with Crippen LogP contribution in [-0.2, 0) is 28.9 Å². The minimum absolute atomic E-state index is 0.258. The Bertz CT molecular complexity index is 1380. The van der Waals surface area contributed by atoms with E-state index in [-0.39, 0.29) is 18.9 Å². The van der Waals surface area contributed by atoms with Gasteiger partial charge in [0.15, 0.2) is 6.29 Å². The van der Waals surface area contributed by atoms with Crippen molar-refractivity contribution in [1.82, 2.24) is 5.32 Å². The van der Waals surface area contributed by atoms with E-state index in [0.717, 1.165) is 38.5 Å². The summed E-state index contributed by atoms with van der Waals surface area (Å²) in [5, 5.41) is 44.9. The van der Waals surface area contributed by atoms with Crippen molar-refractivity contribution >= 4 is 16.3 Å². The topological polar surface area (TPSA) is 192 Å². The van der Waals surface area contributed by atoms with Crippen LogP contribution in [0.3, 0.4) is 0 Å². The molecular formula is C60H115NO11S. The van der Waals surface area contributed by atoms with Crippen molar-refractivity contribution in [2.24, 2.45) is 0 Å². The van der Waals surface area contributed by atoms with Gasteiger partial charge in [0.2, 0.25) is 5.91 Å². The molecule has 0 aromatic rings. The Morgan fingerprint density at radius 3 is 1.23 bits per heavy atom. The number of carbonyl (C=O) groups is 1. The molecule has 0 aromatic carbocycles. The number of hydrogen-bond acceptors (Lipinski definition) is 10. The zero-order chi connectivity index (χ0) is 53.3. The molecule has 73 heavy (non-hydrogen) atoms. The van der Waals surface area contributed by atoms with E-state index in [4.69, 9.17) is 9.47 Å². The molecule has 0 aromatic heterocycles. The number of rotatable bonds is 54. The Hall–Kier alpha value is -1.42. The van der Waals surface area contributed by atoms with Crippen LogP contribution in [0.2, 0.25) is 0 Å². The fraction of sp³-hybridized carbons (Fsp3) is 0.917. The van der Waals surface area contributed by atoms with Crippen LogP contribution in [-0.4, -0.2) is 95.4 Å². The first kappa shape index (κ1) is 69.6. The van der Waals surface area contributed by atoms with E-state index in [1.54, 1.807) is 6.08 Å². The van der Waals surface area contributed by atoms with Crippen molar-refractivity contribution in [1.29, 1.82) is 0 Å². The molecule has 0 bridgehead atoms. The number of aliphatic hydroxyl groups excluding tert-OH is 4. The highest BCUT2D eigenvalue weighted by atomic mass is 32.3. The Morgan fingerprint density at radius 2 is 0.877 bits per heavy atom. The summed E-state index contributed by atoms with van der Waals surface area (Å²) in [5.41, 5.74) is 0. The number of aliphatic hydroxyl groups is 4. The summed E-state index contributed by atoms with van der Waals surface area (Å²) in [6.45, 7) is 3.42. The van der Waals surface area contributed by atoms with E-state index in [1.165, 1.54) is 231 Å². The second kappa shape index (κ2) is 50.1. The van der Waals surface area contributed by atoms with Crippen LogP contribution in [0.25, 0.3) is 0 Å². The van der Waals surface area contributed by atoms with Crippen LogP contribution in [0.15, 0.2) is 24.3 Å². The monoisotopic (exact) mass is 1060 g/mol. The minimum atomic E-state index is -5.09. The number of unbranched alkanes of at least 4 members (excludes halogenated alkanes) is 40. The maximum absolute atomic E-state index is 13.1. The molecule has 0 spiro atoms. The molecule has 1 fully saturated rings. The maximum Gasteiger partial charge on any atom is 0.397 e. The summed E-state index contributed by atoms with van der Waals surface area (Å²) >= 11 is 0. The van der Waals surface area contributed by atoms with Crippen molar-refractivity contribution in [2.75, 3.05) is 13.2 Å². The summed E-state index contributed by atoms with van der Waals surface area (Å²) in [7, 11) is -5.09. The van der Waals surface area contributed by atoms with Crippen molar-refractivity contribution in [2.45, 2.75) is 339 Å². The third kappa shape index (κ3) is 42.3. The molecule has 0 aliphatic carbocycles. The summed E-state index contributed by atoms with van der Waals surface area (Å²) in [6, 6.07) is -0.941. The van der Waals surface area contributed by atoms with Crippen LogP contribution < -0.4 is 5.32 Å². The van der Waals surface area contributed by atoms with Gasteiger partial charge in [-0.3, -0.25) is 9.35 Å². The van der Waals surface area contributed by atoms with Gasteiger partial charge in [0.1, 0.15) is 24.4 Å².